The van der Waals surface area contributed by atoms with Crippen molar-refractivity contribution in [3.05, 3.63) is 52.8 Å². The highest BCUT2D eigenvalue weighted by atomic mass is 79.9. The number of aliphatic hydroxyl groups is 1. The van der Waals surface area contributed by atoms with Gasteiger partial charge in [-0.05, 0) is 47.1 Å². The normalized spacial score (nSPS) is 12.2. The van der Waals surface area contributed by atoms with E-state index in [4.69, 9.17) is 4.74 Å². The Morgan fingerprint density at radius 1 is 1.24 bits per heavy atom. The van der Waals surface area contributed by atoms with Crippen molar-refractivity contribution in [1.29, 1.82) is 0 Å². The van der Waals surface area contributed by atoms with Crippen molar-refractivity contribution >= 4 is 15.9 Å². The van der Waals surface area contributed by atoms with Crippen molar-refractivity contribution in [3.8, 4) is 11.5 Å². The number of hydrogen-bond donors (Lipinski definition) is 1. The van der Waals surface area contributed by atoms with Gasteiger partial charge in [0.2, 0.25) is 0 Å². The van der Waals surface area contributed by atoms with Crippen LogP contribution >= 0.6 is 15.9 Å². The van der Waals surface area contributed by atoms with Gasteiger partial charge in [0.05, 0.1) is 22.5 Å². The van der Waals surface area contributed by atoms with Crippen LogP contribution in [0.1, 0.15) is 18.7 Å². The molecule has 0 unspecified atom stereocenters. The minimum Gasteiger partial charge on any atom is -0.455 e. The first-order valence-electron chi connectivity index (χ1n) is 5.23. The molecule has 3 nitrogen and oxygen atoms in total. The molecule has 1 N–H and O–H groups in total. The number of nitrogens with zero attached hydrogens (tertiary/aromatic N) is 1. The first kappa shape index (κ1) is 12.1. The summed E-state index contributed by atoms with van der Waals surface area (Å²) in [5, 5.41) is 9.34. The zero-order valence-electron chi connectivity index (χ0n) is 9.30. The van der Waals surface area contributed by atoms with Crippen molar-refractivity contribution < 1.29 is 9.84 Å². The molecule has 0 fully saturated rings. The highest BCUT2D eigenvalue weighted by Crippen LogP contribution is 2.28. The fourth-order valence-electron chi connectivity index (χ4n) is 1.35. The van der Waals surface area contributed by atoms with Crippen LogP contribution < -0.4 is 4.74 Å². The van der Waals surface area contributed by atoms with Crippen molar-refractivity contribution in [2.45, 2.75) is 13.0 Å². The van der Waals surface area contributed by atoms with E-state index < -0.39 is 6.10 Å². The molecule has 0 amide bonds. The molecule has 1 aromatic carbocycles. The Morgan fingerprint density at radius 3 is 2.59 bits per heavy atom. The van der Waals surface area contributed by atoms with Gasteiger partial charge in [-0.3, -0.25) is 4.98 Å². The van der Waals surface area contributed by atoms with Crippen LogP contribution in [0, 0.1) is 0 Å². The minimum absolute atomic E-state index is 0.562. The molecule has 4 heteroatoms. The van der Waals surface area contributed by atoms with Crippen LogP contribution in [0.4, 0.5) is 0 Å². The highest BCUT2D eigenvalue weighted by Gasteiger charge is 2.04. The van der Waals surface area contributed by atoms with Crippen LogP contribution in [0.15, 0.2) is 47.1 Å². The number of pyridine rings is 1. The zero-order valence-corrected chi connectivity index (χ0v) is 10.9. The summed E-state index contributed by atoms with van der Waals surface area (Å²) in [4.78, 5) is 4.11. The van der Waals surface area contributed by atoms with Crippen LogP contribution in [0.3, 0.4) is 0 Å². The van der Waals surface area contributed by atoms with Gasteiger partial charge >= 0.3 is 0 Å². The van der Waals surface area contributed by atoms with E-state index in [-0.39, 0.29) is 0 Å². The van der Waals surface area contributed by atoms with Crippen molar-refractivity contribution in [2.24, 2.45) is 0 Å². The van der Waals surface area contributed by atoms with Crippen LogP contribution in [0.5, 0.6) is 11.5 Å². The van der Waals surface area contributed by atoms with Gasteiger partial charge in [0.25, 0.3) is 0 Å². The molecule has 0 aliphatic carbocycles. The van der Waals surface area contributed by atoms with Gasteiger partial charge in [-0.1, -0.05) is 12.1 Å². The number of benzene rings is 1. The zero-order chi connectivity index (χ0) is 12.3. The predicted molar refractivity (Wildman–Crippen MR) is 69.1 cm³/mol. The second kappa shape index (κ2) is 5.29. The highest BCUT2D eigenvalue weighted by molar-refractivity contribution is 9.10. The molecule has 88 valence electrons. The summed E-state index contributed by atoms with van der Waals surface area (Å²) in [6.45, 7) is 1.68. The summed E-state index contributed by atoms with van der Waals surface area (Å²) in [5.74, 6) is 1.38. The average Bonchev–Trinajstić information content (AvgIpc) is 2.33. The van der Waals surface area contributed by atoms with Gasteiger partial charge in [0.1, 0.15) is 11.5 Å². The Hall–Kier alpha value is -1.39. The van der Waals surface area contributed by atoms with Gasteiger partial charge in [-0.25, -0.2) is 0 Å². The maximum Gasteiger partial charge on any atom is 0.145 e. The van der Waals surface area contributed by atoms with Crippen LogP contribution in [0.2, 0.25) is 0 Å². The van der Waals surface area contributed by atoms with E-state index in [1.54, 1.807) is 25.3 Å². The molecule has 0 bridgehead atoms. The Labute approximate surface area is 108 Å². The van der Waals surface area contributed by atoms with Gasteiger partial charge in [-0.2, -0.15) is 0 Å². The van der Waals surface area contributed by atoms with Crippen molar-refractivity contribution in [1.82, 2.24) is 4.98 Å². The summed E-state index contributed by atoms with van der Waals surface area (Å²) >= 11 is 3.41. The Kier molecular flexibility index (Phi) is 3.76. The monoisotopic (exact) mass is 293 g/mol. The summed E-state index contributed by atoms with van der Waals surface area (Å²) in [5.41, 5.74) is 0.629. The third-order valence-corrected chi connectivity index (χ3v) is 2.91. The lowest BCUT2D eigenvalue weighted by Gasteiger charge is -2.08. The number of aliphatic hydroxyl groups excluding tert-OH is 1. The van der Waals surface area contributed by atoms with Gasteiger partial charge < -0.3 is 9.84 Å². The molecular weight excluding hydrogens is 282 g/mol. The topological polar surface area (TPSA) is 42.4 Å². The number of para-hydroxylation sites is 1. The molecule has 0 aliphatic rings. The second-order valence-electron chi connectivity index (χ2n) is 3.63. The molecule has 17 heavy (non-hydrogen) atoms. The summed E-state index contributed by atoms with van der Waals surface area (Å²) in [6, 6.07) is 11.1. The first-order chi connectivity index (χ1) is 8.16. The molecule has 2 aromatic rings. The van der Waals surface area contributed by atoms with Gasteiger partial charge in [-0.15, -0.1) is 0 Å². The Balaban J connectivity index is 2.17. The molecule has 1 aromatic heterocycles. The third-order valence-electron chi connectivity index (χ3n) is 2.25. The number of rotatable bonds is 3. The maximum absolute atomic E-state index is 9.34. The molecule has 1 heterocycles. The standard InChI is InChI=1S/C13H12BrNO2/c1-9(16)12-7-6-10(8-15-12)17-13-5-3-2-4-11(13)14/h2-9,16H,1H3/t9-/m1/s1. The molecule has 1 atom stereocenters. The molecule has 2 rings (SSSR count). The van der Waals surface area contributed by atoms with Gasteiger partial charge in [0, 0.05) is 0 Å². The first-order valence-corrected chi connectivity index (χ1v) is 6.02. The van der Waals surface area contributed by atoms with Gasteiger partial charge in [0.15, 0.2) is 0 Å². The van der Waals surface area contributed by atoms with Crippen molar-refractivity contribution in [3.63, 3.8) is 0 Å². The smallest absolute Gasteiger partial charge is 0.145 e. The second-order valence-corrected chi connectivity index (χ2v) is 4.48. The number of hydrogen-bond acceptors (Lipinski definition) is 3. The Bertz CT molecular complexity index is 497. The van der Waals surface area contributed by atoms with E-state index >= 15 is 0 Å². The molecular formula is C13H12BrNO2. The quantitative estimate of drug-likeness (QED) is 0.938. The molecule has 0 radical (unpaired) electrons. The maximum atomic E-state index is 9.34. The number of aromatic nitrogens is 1. The van der Waals surface area contributed by atoms with E-state index in [0.29, 0.717) is 11.4 Å². The Morgan fingerprint density at radius 2 is 2.00 bits per heavy atom. The average molecular weight is 294 g/mol. The molecule has 0 saturated heterocycles. The van der Waals surface area contributed by atoms with Crippen LogP contribution in [-0.4, -0.2) is 10.1 Å². The lowest BCUT2D eigenvalue weighted by Crippen LogP contribution is -1.95. The lowest BCUT2D eigenvalue weighted by molar-refractivity contribution is 0.194. The SMILES string of the molecule is C[C@@H](O)c1ccc(Oc2ccccc2Br)cn1. The van der Waals surface area contributed by atoms with E-state index in [1.807, 2.05) is 24.3 Å². The number of halogens is 1. The van der Waals surface area contributed by atoms with Crippen LogP contribution in [0.25, 0.3) is 0 Å². The minimum atomic E-state index is -0.562. The fraction of sp³-hybridized carbons (Fsp3) is 0.154. The van der Waals surface area contributed by atoms with E-state index in [2.05, 4.69) is 20.9 Å². The lowest BCUT2D eigenvalue weighted by atomic mass is 10.2. The van der Waals surface area contributed by atoms with Crippen molar-refractivity contribution in [2.75, 3.05) is 0 Å². The molecule has 0 aliphatic heterocycles. The van der Waals surface area contributed by atoms with Crippen LogP contribution in [-0.2, 0) is 0 Å². The predicted octanol–water partition coefficient (Wildman–Crippen LogP) is 3.69. The third kappa shape index (κ3) is 3.05. The molecule has 0 saturated carbocycles. The van der Waals surface area contributed by atoms with E-state index in [1.165, 1.54) is 0 Å². The summed E-state index contributed by atoms with van der Waals surface area (Å²) in [6.07, 6.45) is 1.04. The summed E-state index contributed by atoms with van der Waals surface area (Å²) < 4.78 is 6.54. The number of ether oxygens (including phenoxy) is 1. The van der Waals surface area contributed by atoms with E-state index in [9.17, 15) is 5.11 Å². The fourth-order valence-corrected chi connectivity index (χ4v) is 1.72. The summed E-state index contributed by atoms with van der Waals surface area (Å²) in [7, 11) is 0. The van der Waals surface area contributed by atoms with E-state index in [0.717, 1.165) is 10.2 Å². The largest absolute Gasteiger partial charge is 0.455 e. The molecule has 0 spiro atoms.